The normalized spacial score (nSPS) is 11.5. The molecule has 0 spiro atoms. The molecule has 0 amide bonds. The van der Waals surface area contributed by atoms with E-state index in [-0.39, 0.29) is 5.69 Å². The van der Waals surface area contributed by atoms with Crippen LogP contribution in [0, 0.1) is 10.1 Å². The van der Waals surface area contributed by atoms with Crippen molar-refractivity contribution >= 4 is 5.69 Å². The van der Waals surface area contributed by atoms with E-state index in [0.29, 0.717) is 12.3 Å². The molecule has 0 radical (unpaired) electrons. The van der Waals surface area contributed by atoms with Crippen molar-refractivity contribution in [3.63, 3.8) is 0 Å². The molecule has 1 aromatic rings. The van der Waals surface area contributed by atoms with E-state index >= 15 is 0 Å². The summed E-state index contributed by atoms with van der Waals surface area (Å²) in [5.74, 6) is 0. The largest absolute Gasteiger partial charge is 0.424 e. The summed E-state index contributed by atoms with van der Waals surface area (Å²) in [6, 6.07) is 0.600. The van der Waals surface area contributed by atoms with Crippen LogP contribution in [0.5, 0.6) is 0 Å². The van der Waals surface area contributed by atoms with Gasteiger partial charge in [0, 0.05) is 12.3 Å². The van der Waals surface area contributed by atoms with Crippen LogP contribution in [-0.4, -0.2) is 15.0 Å². The highest BCUT2D eigenvalue weighted by Crippen LogP contribution is 2.35. The van der Waals surface area contributed by atoms with E-state index in [2.05, 4.69) is 4.98 Å². The minimum absolute atomic E-state index is 0.185. The standard InChI is InChI=1S/C7H5F3N2O3/c8-7(9,10)5-2-11-4(3-13)1-6(5)12(14)15/h1-2,13H,3H2. The number of hydrogen-bond acceptors (Lipinski definition) is 4. The molecule has 8 heteroatoms. The van der Waals surface area contributed by atoms with E-state index in [1.807, 2.05) is 0 Å². The lowest BCUT2D eigenvalue weighted by Crippen LogP contribution is -2.10. The van der Waals surface area contributed by atoms with Gasteiger partial charge in [-0.1, -0.05) is 0 Å². The van der Waals surface area contributed by atoms with Crippen molar-refractivity contribution in [3.05, 3.63) is 33.6 Å². The second-order valence-corrected chi connectivity index (χ2v) is 2.61. The zero-order valence-corrected chi connectivity index (χ0v) is 7.15. The van der Waals surface area contributed by atoms with Gasteiger partial charge >= 0.3 is 6.18 Å². The molecule has 0 bridgehead atoms. The van der Waals surface area contributed by atoms with Gasteiger partial charge in [-0.25, -0.2) is 0 Å². The van der Waals surface area contributed by atoms with Crippen LogP contribution >= 0.6 is 0 Å². The summed E-state index contributed by atoms with van der Waals surface area (Å²) in [4.78, 5) is 12.4. The molecule has 0 aliphatic heterocycles. The lowest BCUT2D eigenvalue weighted by Gasteiger charge is -2.07. The Balaban J connectivity index is 3.34. The second-order valence-electron chi connectivity index (χ2n) is 2.61. The molecule has 0 fully saturated rings. The van der Waals surface area contributed by atoms with E-state index in [0.717, 1.165) is 0 Å². The maximum atomic E-state index is 12.2. The monoisotopic (exact) mass is 222 g/mol. The summed E-state index contributed by atoms with van der Waals surface area (Å²) >= 11 is 0. The predicted molar refractivity (Wildman–Crippen MR) is 41.8 cm³/mol. The van der Waals surface area contributed by atoms with Gasteiger partial charge in [0.05, 0.1) is 17.2 Å². The van der Waals surface area contributed by atoms with E-state index in [4.69, 9.17) is 5.11 Å². The Bertz CT molecular complexity index is 392. The fourth-order valence-corrected chi connectivity index (χ4v) is 0.942. The average Bonchev–Trinajstić information content (AvgIpc) is 2.15. The Hall–Kier alpha value is -1.70. The van der Waals surface area contributed by atoms with Crippen LogP contribution in [0.2, 0.25) is 0 Å². The van der Waals surface area contributed by atoms with Crippen LogP contribution in [0.1, 0.15) is 11.3 Å². The highest BCUT2D eigenvalue weighted by Gasteiger charge is 2.38. The number of aromatic nitrogens is 1. The van der Waals surface area contributed by atoms with Gasteiger partial charge in [0.15, 0.2) is 5.56 Å². The fraction of sp³-hybridized carbons (Fsp3) is 0.286. The van der Waals surface area contributed by atoms with Crippen LogP contribution in [-0.2, 0) is 12.8 Å². The highest BCUT2D eigenvalue weighted by molar-refractivity contribution is 5.41. The maximum absolute atomic E-state index is 12.2. The molecule has 0 atom stereocenters. The molecule has 1 heterocycles. The molecule has 5 nitrogen and oxygen atoms in total. The minimum atomic E-state index is -4.83. The smallest absolute Gasteiger partial charge is 0.390 e. The molecule has 0 aromatic carbocycles. The third-order valence-electron chi connectivity index (χ3n) is 1.60. The molecule has 1 rings (SSSR count). The van der Waals surface area contributed by atoms with Crippen LogP contribution in [0.15, 0.2) is 12.3 Å². The Morgan fingerprint density at radius 3 is 2.53 bits per heavy atom. The number of nitrogens with zero attached hydrogens (tertiary/aromatic N) is 2. The van der Waals surface area contributed by atoms with Crippen molar-refractivity contribution in [1.29, 1.82) is 0 Å². The first-order valence-corrected chi connectivity index (χ1v) is 3.67. The number of nitro groups is 1. The number of rotatable bonds is 2. The maximum Gasteiger partial charge on any atom is 0.424 e. The first-order valence-electron chi connectivity index (χ1n) is 3.67. The molecule has 0 aliphatic carbocycles. The highest BCUT2D eigenvalue weighted by atomic mass is 19.4. The summed E-state index contributed by atoms with van der Waals surface area (Å²) in [5.41, 5.74) is -2.72. The molecule has 15 heavy (non-hydrogen) atoms. The molecular weight excluding hydrogens is 217 g/mol. The van der Waals surface area contributed by atoms with Gasteiger partial charge in [-0.15, -0.1) is 0 Å². The number of alkyl halides is 3. The quantitative estimate of drug-likeness (QED) is 0.607. The lowest BCUT2D eigenvalue weighted by molar-refractivity contribution is -0.388. The molecular formula is C7H5F3N2O3. The van der Waals surface area contributed by atoms with Gasteiger partial charge < -0.3 is 5.11 Å². The molecule has 1 aromatic heterocycles. The van der Waals surface area contributed by atoms with Crippen LogP contribution < -0.4 is 0 Å². The van der Waals surface area contributed by atoms with Gasteiger partial charge in [-0.3, -0.25) is 15.1 Å². The third kappa shape index (κ3) is 2.40. The zero-order valence-electron chi connectivity index (χ0n) is 7.15. The summed E-state index contributed by atoms with van der Waals surface area (Å²) in [6.45, 7) is -0.654. The number of aliphatic hydroxyl groups excluding tert-OH is 1. The number of halogens is 3. The Morgan fingerprint density at radius 2 is 2.13 bits per heavy atom. The van der Waals surface area contributed by atoms with Gasteiger partial charge in [0.1, 0.15) is 0 Å². The Morgan fingerprint density at radius 1 is 1.53 bits per heavy atom. The average molecular weight is 222 g/mol. The summed E-state index contributed by atoms with van der Waals surface area (Å²) in [6.07, 6.45) is -4.49. The van der Waals surface area contributed by atoms with E-state index in [1.165, 1.54) is 0 Å². The first-order chi connectivity index (χ1) is 6.86. The van der Waals surface area contributed by atoms with Crippen molar-refractivity contribution in [2.45, 2.75) is 12.8 Å². The molecule has 0 unspecified atom stereocenters. The van der Waals surface area contributed by atoms with E-state index in [1.54, 1.807) is 0 Å². The van der Waals surface area contributed by atoms with Crippen molar-refractivity contribution in [2.75, 3.05) is 0 Å². The summed E-state index contributed by atoms with van der Waals surface area (Å²) in [5, 5.41) is 18.9. The van der Waals surface area contributed by atoms with Gasteiger partial charge in [-0.2, -0.15) is 13.2 Å². The molecule has 0 saturated heterocycles. The molecule has 0 saturated carbocycles. The summed E-state index contributed by atoms with van der Waals surface area (Å²) in [7, 11) is 0. The van der Waals surface area contributed by atoms with Crippen LogP contribution in [0.25, 0.3) is 0 Å². The number of hydrogen-bond donors (Lipinski definition) is 1. The zero-order chi connectivity index (χ0) is 11.6. The number of aliphatic hydroxyl groups is 1. The van der Waals surface area contributed by atoms with Gasteiger partial charge in [0.25, 0.3) is 5.69 Å². The van der Waals surface area contributed by atoms with E-state index < -0.39 is 29.0 Å². The Kier molecular flexibility index (Phi) is 2.89. The SMILES string of the molecule is O=[N+]([O-])c1cc(CO)ncc1C(F)(F)F. The number of pyridine rings is 1. The van der Waals surface area contributed by atoms with Crippen LogP contribution in [0.4, 0.5) is 18.9 Å². The van der Waals surface area contributed by atoms with Crippen molar-refractivity contribution in [3.8, 4) is 0 Å². The molecule has 0 aliphatic rings. The minimum Gasteiger partial charge on any atom is -0.390 e. The third-order valence-corrected chi connectivity index (χ3v) is 1.60. The summed E-state index contributed by atoms with van der Waals surface area (Å²) < 4.78 is 36.7. The topological polar surface area (TPSA) is 76.3 Å². The lowest BCUT2D eigenvalue weighted by atomic mass is 10.2. The van der Waals surface area contributed by atoms with Crippen molar-refractivity contribution < 1.29 is 23.2 Å². The van der Waals surface area contributed by atoms with Gasteiger partial charge in [0.2, 0.25) is 0 Å². The van der Waals surface area contributed by atoms with Crippen molar-refractivity contribution in [1.82, 2.24) is 4.98 Å². The molecule has 1 N–H and O–H groups in total. The van der Waals surface area contributed by atoms with Crippen molar-refractivity contribution in [2.24, 2.45) is 0 Å². The van der Waals surface area contributed by atoms with Gasteiger partial charge in [-0.05, 0) is 0 Å². The fourth-order valence-electron chi connectivity index (χ4n) is 0.942. The second kappa shape index (κ2) is 3.81. The van der Waals surface area contributed by atoms with E-state index in [9.17, 15) is 23.3 Å². The first kappa shape index (κ1) is 11.4. The molecule has 82 valence electrons. The predicted octanol–water partition coefficient (Wildman–Crippen LogP) is 1.50. The van der Waals surface area contributed by atoms with Crippen LogP contribution in [0.3, 0.4) is 0 Å². The Labute approximate surface area is 81.3 Å².